The molecule has 7 heterocycles. The van der Waals surface area contributed by atoms with Crippen molar-refractivity contribution >= 4 is 68.6 Å². The normalized spacial score (nSPS) is 11.2. The van der Waals surface area contributed by atoms with E-state index < -0.39 is 11.9 Å². The lowest BCUT2D eigenvalue weighted by atomic mass is 10.1. The van der Waals surface area contributed by atoms with Gasteiger partial charge in [-0.25, -0.2) is 19.9 Å². The van der Waals surface area contributed by atoms with Gasteiger partial charge in [0.25, 0.3) is 0 Å². The summed E-state index contributed by atoms with van der Waals surface area (Å²) in [4.78, 5) is 50.0. The van der Waals surface area contributed by atoms with Crippen molar-refractivity contribution in [2.75, 3.05) is 0 Å². The largest absolute Gasteiger partial charge is 0.481 e. The predicted octanol–water partition coefficient (Wildman–Crippen LogP) is 8.83. The summed E-state index contributed by atoms with van der Waals surface area (Å²) < 4.78 is 0. The van der Waals surface area contributed by atoms with E-state index in [2.05, 4.69) is 19.9 Å². The van der Waals surface area contributed by atoms with Gasteiger partial charge >= 0.3 is 11.9 Å². The van der Waals surface area contributed by atoms with Gasteiger partial charge in [0.15, 0.2) is 0 Å². The maximum atomic E-state index is 11.8. The van der Waals surface area contributed by atoms with Crippen LogP contribution in [-0.4, -0.2) is 42.1 Å². The molecule has 0 atom stereocenters. The van der Waals surface area contributed by atoms with Gasteiger partial charge in [-0.3, -0.25) is 9.59 Å². The predicted molar refractivity (Wildman–Crippen MR) is 182 cm³/mol. The number of carboxylic acids is 2. The van der Waals surface area contributed by atoms with Crippen LogP contribution in [0.2, 0.25) is 0 Å². The minimum absolute atomic E-state index is 0.0929. The standard InChI is InChI=1S/C32H20N4O4S5/c37-29(38)9-17-7-27(23-3-1-21(41-23)19-11-33-15-34-12-19)44-31(17)25-5-6-26(43-25)32-18(10-30(39)40)8-28(45-32)24-4-2-22(42-24)20-13-35-16-36-14-20/h1-8,11-16H,9-10H2,(H,37,38)(H,39,40). The zero-order valence-corrected chi connectivity index (χ0v) is 27.1. The van der Waals surface area contributed by atoms with Gasteiger partial charge in [-0.15, -0.1) is 56.7 Å². The number of rotatable bonds is 10. The van der Waals surface area contributed by atoms with Crippen LogP contribution in [0.15, 0.2) is 86.0 Å². The molecule has 0 aromatic carbocycles. The third-order valence-corrected chi connectivity index (χ3v) is 13.2. The Morgan fingerprint density at radius 3 is 1.24 bits per heavy atom. The zero-order valence-electron chi connectivity index (χ0n) is 23.0. The van der Waals surface area contributed by atoms with Crippen molar-refractivity contribution < 1.29 is 19.8 Å². The fourth-order valence-corrected chi connectivity index (χ4v) is 10.6. The molecule has 0 saturated heterocycles. The summed E-state index contributed by atoms with van der Waals surface area (Å²) >= 11 is 7.91. The Labute approximate surface area is 276 Å². The highest BCUT2D eigenvalue weighted by atomic mass is 32.1. The Kier molecular flexibility index (Phi) is 8.17. The SMILES string of the molecule is O=C(O)Cc1cc(-c2ccc(-c3cncnc3)s2)sc1-c1ccc(-c2sc(-c3ccc(-c4cncnc4)s3)cc2CC(=O)O)s1. The summed E-state index contributed by atoms with van der Waals surface area (Å²) in [6.07, 6.45) is 9.91. The van der Waals surface area contributed by atoms with Crippen LogP contribution in [0.1, 0.15) is 11.1 Å². The van der Waals surface area contributed by atoms with Crippen molar-refractivity contribution in [2.45, 2.75) is 12.8 Å². The average Bonchev–Trinajstić information content (AvgIpc) is 3.86. The number of nitrogens with zero attached hydrogens (tertiary/aromatic N) is 4. The molecule has 13 heteroatoms. The number of hydrogen-bond acceptors (Lipinski definition) is 11. The Morgan fingerprint density at radius 2 is 0.844 bits per heavy atom. The molecule has 8 nitrogen and oxygen atoms in total. The summed E-state index contributed by atoms with van der Waals surface area (Å²) in [7, 11) is 0. The van der Waals surface area contributed by atoms with Gasteiger partial charge in [-0.2, -0.15) is 0 Å². The molecule has 0 aliphatic heterocycles. The lowest BCUT2D eigenvalue weighted by Crippen LogP contribution is -1.99. The van der Waals surface area contributed by atoms with E-state index in [1.165, 1.54) is 12.7 Å². The minimum Gasteiger partial charge on any atom is -0.481 e. The molecule has 7 rings (SSSR count). The van der Waals surface area contributed by atoms with Crippen LogP contribution in [0, 0.1) is 0 Å². The van der Waals surface area contributed by atoms with Gasteiger partial charge in [0, 0.05) is 84.7 Å². The maximum Gasteiger partial charge on any atom is 0.307 e. The topological polar surface area (TPSA) is 126 Å². The molecule has 0 bridgehead atoms. The molecular formula is C32H20N4O4S5. The van der Waals surface area contributed by atoms with Crippen molar-refractivity contribution in [3.63, 3.8) is 0 Å². The Hall–Kier alpha value is -4.40. The molecular weight excluding hydrogens is 665 g/mol. The summed E-state index contributed by atoms with van der Waals surface area (Å²) in [6, 6.07) is 16.1. The highest BCUT2D eigenvalue weighted by molar-refractivity contribution is 7.30. The molecule has 222 valence electrons. The first-order valence-corrected chi connectivity index (χ1v) is 17.5. The fraction of sp³-hybridized carbons (Fsp3) is 0.0625. The number of thiophene rings is 5. The zero-order chi connectivity index (χ0) is 30.9. The summed E-state index contributed by atoms with van der Waals surface area (Å²) in [5.41, 5.74) is 3.36. The van der Waals surface area contributed by atoms with E-state index in [9.17, 15) is 19.8 Å². The van der Waals surface area contributed by atoms with Crippen LogP contribution in [0.25, 0.3) is 59.9 Å². The quantitative estimate of drug-likeness (QED) is 0.146. The van der Waals surface area contributed by atoms with Crippen LogP contribution in [0.4, 0.5) is 0 Å². The third-order valence-electron chi connectivity index (χ3n) is 6.74. The molecule has 0 aliphatic rings. The number of carboxylic acid groups (broad SMARTS) is 2. The second kappa shape index (κ2) is 12.5. The van der Waals surface area contributed by atoms with Crippen molar-refractivity contribution in [1.29, 1.82) is 0 Å². The van der Waals surface area contributed by atoms with E-state index in [-0.39, 0.29) is 12.8 Å². The van der Waals surface area contributed by atoms with Crippen LogP contribution in [-0.2, 0) is 22.4 Å². The molecule has 0 radical (unpaired) electrons. The highest BCUT2D eigenvalue weighted by Gasteiger charge is 2.21. The second-order valence-corrected chi connectivity index (χ2v) is 15.2. The Balaban J connectivity index is 1.23. The van der Waals surface area contributed by atoms with E-state index in [1.54, 1.807) is 81.5 Å². The molecule has 0 unspecified atom stereocenters. The van der Waals surface area contributed by atoms with E-state index in [0.717, 1.165) is 71.0 Å². The molecule has 0 fully saturated rings. The first kappa shape index (κ1) is 29.3. The summed E-state index contributed by atoms with van der Waals surface area (Å²) in [6.45, 7) is 0. The van der Waals surface area contributed by atoms with E-state index in [1.807, 2.05) is 48.5 Å². The number of carbonyl (C=O) groups is 2. The molecule has 0 spiro atoms. The van der Waals surface area contributed by atoms with Crippen molar-refractivity contribution in [2.24, 2.45) is 0 Å². The first-order valence-electron chi connectivity index (χ1n) is 13.4. The highest BCUT2D eigenvalue weighted by Crippen LogP contribution is 2.48. The number of aromatic nitrogens is 4. The second-order valence-electron chi connectivity index (χ2n) is 9.82. The van der Waals surface area contributed by atoms with Crippen LogP contribution in [0.3, 0.4) is 0 Å². The summed E-state index contributed by atoms with van der Waals surface area (Å²) in [5.74, 6) is -1.79. The van der Waals surface area contributed by atoms with Gasteiger partial charge in [0.2, 0.25) is 0 Å². The van der Waals surface area contributed by atoms with Gasteiger partial charge in [0.1, 0.15) is 12.7 Å². The molecule has 0 saturated carbocycles. The molecule has 0 amide bonds. The Bertz CT molecular complexity index is 1990. The monoisotopic (exact) mass is 684 g/mol. The number of aliphatic carboxylic acids is 2. The maximum absolute atomic E-state index is 11.8. The van der Waals surface area contributed by atoms with Crippen LogP contribution >= 0.6 is 56.7 Å². The van der Waals surface area contributed by atoms with E-state index in [4.69, 9.17) is 0 Å². The lowest BCUT2D eigenvalue weighted by molar-refractivity contribution is -0.137. The third kappa shape index (κ3) is 6.26. The van der Waals surface area contributed by atoms with Gasteiger partial charge in [-0.05, 0) is 59.7 Å². The smallest absolute Gasteiger partial charge is 0.307 e. The molecule has 45 heavy (non-hydrogen) atoms. The van der Waals surface area contributed by atoms with Crippen molar-refractivity contribution in [3.05, 3.63) is 97.1 Å². The first-order chi connectivity index (χ1) is 21.9. The van der Waals surface area contributed by atoms with Crippen molar-refractivity contribution in [1.82, 2.24) is 19.9 Å². The average molecular weight is 685 g/mol. The molecule has 7 aromatic rings. The molecule has 0 aliphatic carbocycles. The van der Waals surface area contributed by atoms with Crippen molar-refractivity contribution in [3.8, 4) is 59.9 Å². The lowest BCUT2D eigenvalue weighted by Gasteiger charge is -1.99. The van der Waals surface area contributed by atoms with Gasteiger partial charge < -0.3 is 10.2 Å². The minimum atomic E-state index is -0.894. The summed E-state index contributed by atoms with van der Waals surface area (Å²) in [5, 5.41) is 19.4. The van der Waals surface area contributed by atoms with Gasteiger partial charge in [-0.1, -0.05) is 0 Å². The Morgan fingerprint density at radius 1 is 0.489 bits per heavy atom. The van der Waals surface area contributed by atoms with Gasteiger partial charge in [0.05, 0.1) is 12.8 Å². The fourth-order valence-electron chi connectivity index (χ4n) is 4.79. The van der Waals surface area contributed by atoms with E-state index >= 15 is 0 Å². The van der Waals surface area contributed by atoms with E-state index in [0.29, 0.717) is 0 Å². The molecule has 7 aromatic heterocycles. The van der Waals surface area contributed by atoms with Crippen LogP contribution in [0.5, 0.6) is 0 Å². The number of hydrogen-bond donors (Lipinski definition) is 2. The van der Waals surface area contributed by atoms with Crippen LogP contribution < -0.4 is 0 Å². The molecule has 2 N–H and O–H groups in total.